The number of carbonyl (C=O) groups excluding carboxylic acids is 1. The lowest BCUT2D eigenvalue weighted by atomic mass is 10.3. The van der Waals surface area contributed by atoms with E-state index in [2.05, 4.69) is 6.58 Å². The van der Waals surface area contributed by atoms with Crippen molar-refractivity contribution in [2.75, 3.05) is 12.1 Å². The molecule has 16 heavy (non-hydrogen) atoms. The number of likely N-dealkylation sites (N-methyl/N-ethyl adjacent to an activating group) is 1. The molecule has 5 heteroatoms. The lowest BCUT2D eigenvalue weighted by molar-refractivity contribution is -0.117. The molecule has 5 nitrogen and oxygen atoms in total. The molecular formula is C11H13N3O2. The monoisotopic (exact) mass is 219 g/mol. The van der Waals surface area contributed by atoms with Crippen molar-refractivity contribution < 1.29 is 10.0 Å². The van der Waals surface area contributed by atoms with Crippen LogP contribution in [0.2, 0.25) is 0 Å². The smallest absolute Gasteiger partial charge is 0.317 e. The second-order valence-corrected chi connectivity index (χ2v) is 3.09. The van der Waals surface area contributed by atoms with Gasteiger partial charge in [-0.1, -0.05) is 24.8 Å². The normalized spacial score (nSPS) is 9.38. The highest BCUT2D eigenvalue weighted by molar-refractivity contribution is 6.40. The molecule has 2 N–H and O–H groups in total. The molecular weight excluding hydrogens is 206 g/mol. The molecule has 1 rings (SSSR count). The topological polar surface area (TPSA) is 67.6 Å². The fourth-order valence-corrected chi connectivity index (χ4v) is 1.03. The summed E-state index contributed by atoms with van der Waals surface area (Å²) in [4.78, 5) is 12.8. The number of hydrogen-bond donors (Lipinski definition) is 2. The molecule has 1 aromatic carbocycles. The van der Waals surface area contributed by atoms with E-state index in [0.29, 0.717) is 10.8 Å². The van der Waals surface area contributed by atoms with Gasteiger partial charge in [-0.15, -0.1) is 0 Å². The Kier molecular flexibility index (Phi) is 3.79. The SMILES string of the molecule is C=CN(C)C(=N)C(=O)N(O)c1ccccc1. The van der Waals surface area contributed by atoms with Crippen molar-refractivity contribution >= 4 is 17.4 Å². The number of para-hydroxylation sites is 1. The number of nitrogens with one attached hydrogen (secondary N) is 1. The quantitative estimate of drug-likeness (QED) is 0.342. The van der Waals surface area contributed by atoms with Gasteiger partial charge in [0.05, 0.1) is 5.69 Å². The summed E-state index contributed by atoms with van der Waals surface area (Å²) < 4.78 is 0. The summed E-state index contributed by atoms with van der Waals surface area (Å²) in [6.45, 7) is 3.43. The third kappa shape index (κ3) is 2.46. The predicted molar refractivity (Wildman–Crippen MR) is 61.4 cm³/mol. The van der Waals surface area contributed by atoms with Crippen LogP contribution in [0.5, 0.6) is 0 Å². The fourth-order valence-electron chi connectivity index (χ4n) is 1.03. The highest BCUT2D eigenvalue weighted by Gasteiger charge is 2.20. The van der Waals surface area contributed by atoms with E-state index in [9.17, 15) is 10.0 Å². The number of benzene rings is 1. The average Bonchev–Trinajstić information content (AvgIpc) is 2.36. The van der Waals surface area contributed by atoms with Crippen molar-refractivity contribution in [1.82, 2.24) is 4.90 Å². The zero-order chi connectivity index (χ0) is 12.1. The predicted octanol–water partition coefficient (Wildman–Crippen LogP) is 1.46. The molecule has 0 aliphatic heterocycles. The van der Waals surface area contributed by atoms with Crippen LogP contribution in [0.3, 0.4) is 0 Å². The molecule has 0 spiro atoms. The highest BCUT2D eigenvalue weighted by atomic mass is 16.5. The van der Waals surface area contributed by atoms with Crippen molar-refractivity contribution in [3.63, 3.8) is 0 Å². The van der Waals surface area contributed by atoms with Crippen molar-refractivity contribution in [3.8, 4) is 0 Å². The van der Waals surface area contributed by atoms with E-state index in [1.807, 2.05) is 0 Å². The minimum Gasteiger partial charge on any atom is -0.333 e. The van der Waals surface area contributed by atoms with Gasteiger partial charge in [-0.3, -0.25) is 15.4 Å². The number of hydrogen-bond acceptors (Lipinski definition) is 3. The maximum absolute atomic E-state index is 11.6. The third-order valence-electron chi connectivity index (χ3n) is 2.02. The first-order valence-corrected chi connectivity index (χ1v) is 4.60. The number of hydroxylamine groups is 1. The van der Waals surface area contributed by atoms with Crippen LogP contribution >= 0.6 is 0 Å². The zero-order valence-corrected chi connectivity index (χ0v) is 8.92. The standard InChI is InChI=1S/C11H13N3O2/c1-3-13(2)10(12)11(15)14(16)9-7-5-4-6-8-9/h3-8,12,16H,1H2,2H3. The molecule has 1 amide bonds. The summed E-state index contributed by atoms with van der Waals surface area (Å²) in [6, 6.07) is 8.28. The molecule has 0 fully saturated rings. The second-order valence-electron chi connectivity index (χ2n) is 3.09. The lowest BCUT2D eigenvalue weighted by Crippen LogP contribution is -2.39. The number of carbonyl (C=O) groups is 1. The first kappa shape index (κ1) is 11.9. The van der Waals surface area contributed by atoms with E-state index in [4.69, 9.17) is 5.41 Å². The minimum absolute atomic E-state index is 0.315. The van der Waals surface area contributed by atoms with E-state index in [1.165, 1.54) is 18.1 Å². The Morgan fingerprint density at radius 2 is 2.00 bits per heavy atom. The number of rotatable bonds is 2. The van der Waals surface area contributed by atoms with Gasteiger partial charge in [-0.05, 0) is 18.3 Å². The molecule has 0 unspecified atom stereocenters. The van der Waals surface area contributed by atoms with Gasteiger partial charge in [-0.2, -0.15) is 5.06 Å². The summed E-state index contributed by atoms with van der Waals surface area (Å²) in [5.74, 6) is -1.17. The molecule has 0 saturated heterocycles. The Hall–Kier alpha value is -2.14. The molecule has 0 aliphatic carbocycles. The van der Waals surface area contributed by atoms with E-state index in [-0.39, 0.29) is 5.84 Å². The maximum Gasteiger partial charge on any atom is 0.317 e. The van der Waals surface area contributed by atoms with Gasteiger partial charge in [-0.25, -0.2) is 0 Å². The number of nitrogens with zero attached hydrogens (tertiary/aromatic N) is 2. The van der Waals surface area contributed by atoms with Gasteiger partial charge in [0, 0.05) is 7.05 Å². The summed E-state index contributed by atoms with van der Waals surface area (Å²) >= 11 is 0. The van der Waals surface area contributed by atoms with Gasteiger partial charge in [0.15, 0.2) is 5.84 Å². The Balaban J connectivity index is 2.83. The minimum atomic E-state index is -0.811. The maximum atomic E-state index is 11.6. The van der Waals surface area contributed by atoms with Crippen LogP contribution in [0.4, 0.5) is 5.69 Å². The van der Waals surface area contributed by atoms with Crippen LogP contribution in [0.25, 0.3) is 0 Å². The van der Waals surface area contributed by atoms with Crippen LogP contribution in [-0.2, 0) is 4.79 Å². The molecule has 0 saturated carbocycles. The molecule has 84 valence electrons. The fraction of sp³-hybridized carbons (Fsp3) is 0.0909. The Labute approximate surface area is 93.7 Å². The zero-order valence-electron chi connectivity index (χ0n) is 8.92. The molecule has 0 aromatic heterocycles. The summed E-state index contributed by atoms with van der Waals surface area (Å²) in [7, 11) is 1.51. The van der Waals surface area contributed by atoms with E-state index in [1.54, 1.807) is 30.3 Å². The number of anilines is 1. The Morgan fingerprint density at radius 1 is 1.44 bits per heavy atom. The van der Waals surface area contributed by atoms with Gasteiger partial charge in [0.25, 0.3) is 0 Å². The first-order valence-electron chi connectivity index (χ1n) is 4.60. The summed E-state index contributed by atoms with van der Waals surface area (Å²) in [6.07, 6.45) is 1.32. The highest BCUT2D eigenvalue weighted by Crippen LogP contribution is 2.11. The molecule has 0 radical (unpaired) electrons. The first-order chi connectivity index (χ1) is 7.57. The molecule has 0 heterocycles. The third-order valence-corrected chi connectivity index (χ3v) is 2.02. The molecule has 1 aromatic rings. The second kappa shape index (κ2) is 5.09. The molecule has 0 bridgehead atoms. The Bertz CT molecular complexity index is 403. The van der Waals surface area contributed by atoms with Crippen molar-refractivity contribution in [2.24, 2.45) is 0 Å². The van der Waals surface area contributed by atoms with Gasteiger partial charge in [0.2, 0.25) is 0 Å². The number of amidine groups is 1. The van der Waals surface area contributed by atoms with Crippen molar-refractivity contribution in [1.29, 1.82) is 5.41 Å². The largest absolute Gasteiger partial charge is 0.333 e. The van der Waals surface area contributed by atoms with Crippen LogP contribution in [0, 0.1) is 5.41 Å². The van der Waals surface area contributed by atoms with Crippen LogP contribution in [0.1, 0.15) is 0 Å². The molecule has 0 aliphatic rings. The summed E-state index contributed by atoms with van der Waals surface area (Å²) in [5.41, 5.74) is 0.315. The van der Waals surface area contributed by atoms with Gasteiger partial charge < -0.3 is 4.90 Å². The van der Waals surface area contributed by atoms with Crippen LogP contribution < -0.4 is 5.06 Å². The van der Waals surface area contributed by atoms with E-state index < -0.39 is 5.91 Å². The molecule has 0 atom stereocenters. The van der Waals surface area contributed by atoms with Crippen LogP contribution in [0.15, 0.2) is 43.1 Å². The van der Waals surface area contributed by atoms with Crippen molar-refractivity contribution in [2.45, 2.75) is 0 Å². The average molecular weight is 219 g/mol. The van der Waals surface area contributed by atoms with E-state index >= 15 is 0 Å². The van der Waals surface area contributed by atoms with Gasteiger partial charge >= 0.3 is 5.91 Å². The van der Waals surface area contributed by atoms with Crippen molar-refractivity contribution in [3.05, 3.63) is 43.1 Å². The van der Waals surface area contributed by atoms with E-state index in [0.717, 1.165) is 0 Å². The van der Waals surface area contributed by atoms with Gasteiger partial charge in [0.1, 0.15) is 0 Å². The lowest BCUT2D eigenvalue weighted by Gasteiger charge is -2.19. The number of amides is 1. The van der Waals surface area contributed by atoms with Crippen LogP contribution in [-0.4, -0.2) is 28.9 Å². The summed E-state index contributed by atoms with van der Waals surface area (Å²) in [5, 5.41) is 17.5. The Morgan fingerprint density at radius 3 is 2.50 bits per heavy atom.